The van der Waals surface area contributed by atoms with Crippen molar-refractivity contribution >= 4 is 34.2 Å². The Labute approximate surface area is 171 Å². The topological polar surface area (TPSA) is 81.5 Å². The summed E-state index contributed by atoms with van der Waals surface area (Å²) < 4.78 is 7.90. The first-order valence-corrected chi connectivity index (χ1v) is 9.66. The van der Waals surface area contributed by atoms with Gasteiger partial charge in [-0.3, -0.25) is 14.8 Å². The van der Waals surface area contributed by atoms with Gasteiger partial charge in [-0.2, -0.15) is 10.2 Å². The second-order valence-electron chi connectivity index (χ2n) is 6.39. The maximum absolute atomic E-state index is 6.23. The van der Waals surface area contributed by atoms with E-state index in [4.69, 9.17) is 27.9 Å². The van der Waals surface area contributed by atoms with Crippen LogP contribution in [0.2, 0.25) is 10.0 Å². The van der Waals surface area contributed by atoms with Gasteiger partial charge in [0.2, 0.25) is 5.88 Å². The molecular formula is C19H18Cl2N6O. The van der Waals surface area contributed by atoms with Gasteiger partial charge in [-0.25, -0.2) is 4.98 Å². The molecular weight excluding hydrogens is 399 g/mol. The van der Waals surface area contributed by atoms with Crippen molar-refractivity contribution < 1.29 is 4.74 Å². The van der Waals surface area contributed by atoms with E-state index in [1.165, 1.54) is 0 Å². The fraction of sp³-hybridized carbons (Fsp3) is 0.263. The molecule has 0 aliphatic rings. The quantitative estimate of drug-likeness (QED) is 0.474. The minimum Gasteiger partial charge on any atom is -0.470 e. The van der Waals surface area contributed by atoms with Crippen LogP contribution >= 0.6 is 23.2 Å². The average molecular weight is 417 g/mol. The van der Waals surface area contributed by atoms with Gasteiger partial charge in [-0.1, -0.05) is 30.1 Å². The molecule has 7 nitrogen and oxygen atoms in total. The van der Waals surface area contributed by atoms with E-state index in [0.717, 1.165) is 29.7 Å². The van der Waals surface area contributed by atoms with Crippen LogP contribution in [0.15, 0.2) is 36.9 Å². The van der Waals surface area contributed by atoms with Crippen LogP contribution in [-0.4, -0.2) is 29.9 Å². The van der Waals surface area contributed by atoms with Crippen molar-refractivity contribution in [2.75, 3.05) is 0 Å². The van der Waals surface area contributed by atoms with E-state index in [2.05, 4.69) is 32.2 Å². The van der Waals surface area contributed by atoms with Crippen molar-refractivity contribution in [1.82, 2.24) is 29.9 Å². The van der Waals surface area contributed by atoms with Crippen LogP contribution in [-0.2, 0) is 6.54 Å². The van der Waals surface area contributed by atoms with E-state index in [-0.39, 0.29) is 0 Å². The summed E-state index contributed by atoms with van der Waals surface area (Å²) in [5, 5.41) is 12.7. The maximum atomic E-state index is 6.23. The highest BCUT2D eigenvalue weighted by Gasteiger charge is 2.18. The monoisotopic (exact) mass is 416 g/mol. The minimum absolute atomic E-state index is 0.393. The Balaban J connectivity index is 1.65. The van der Waals surface area contributed by atoms with Gasteiger partial charge in [0.1, 0.15) is 17.3 Å². The Kier molecular flexibility index (Phi) is 5.19. The number of fused-ring (bicyclic) bond motifs is 1. The van der Waals surface area contributed by atoms with E-state index < -0.39 is 6.10 Å². The minimum atomic E-state index is -0.393. The zero-order chi connectivity index (χ0) is 19.7. The molecule has 1 atom stereocenters. The second-order valence-corrected chi connectivity index (χ2v) is 7.20. The van der Waals surface area contributed by atoms with Crippen LogP contribution in [0.25, 0.3) is 22.3 Å². The van der Waals surface area contributed by atoms with E-state index in [0.29, 0.717) is 27.0 Å². The van der Waals surface area contributed by atoms with Gasteiger partial charge in [0.05, 0.1) is 21.8 Å². The van der Waals surface area contributed by atoms with Crippen LogP contribution in [0.3, 0.4) is 0 Å². The fourth-order valence-electron chi connectivity index (χ4n) is 3.03. The molecule has 4 rings (SSSR count). The molecule has 0 aliphatic heterocycles. The fourth-order valence-corrected chi connectivity index (χ4v) is 3.71. The Hall–Kier alpha value is -2.64. The SMILES string of the molecule is CCCn1cc(-c2n[nH]c3ccc(O[C@H](C)c4c(Cl)cncc4Cl)nc23)cn1. The van der Waals surface area contributed by atoms with Gasteiger partial charge in [-0.15, -0.1) is 0 Å². The molecule has 0 unspecified atom stereocenters. The molecule has 0 bridgehead atoms. The summed E-state index contributed by atoms with van der Waals surface area (Å²) >= 11 is 12.5. The third kappa shape index (κ3) is 3.55. The third-order valence-corrected chi connectivity index (χ3v) is 4.94. The third-order valence-electron chi connectivity index (χ3n) is 4.34. The highest BCUT2D eigenvalue weighted by Crippen LogP contribution is 2.33. The largest absolute Gasteiger partial charge is 0.470 e. The van der Waals surface area contributed by atoms with Crippen molar-refractivity contribution in [1.29, 1.82) is 0 Å². The molecule has 144 valence electrons. The molecule has 4 aromatic heterocycles. The van der Waals surface area contributed by atoms with Gasteiger partial charge in [-0.05, 0) is 19.4 Å². The number of nitrogens with one attached hydrogen (secondary N) is 1. The molecule has 4 aromatic rings. The first-order valence-electron chi connectivity index (χ1n) is 8.90. The van der Waals surface area contributed by atoms with Crippen molar-refractivity contribution in [3.63, 3.8) is 0 Å². The number of nitrogens with zero attached hydrogens (tertiary/aromatic N) is 5. The molecule has 1 N–H and O–H groups in total. The van der Waals surface area contributed by atoms with E-state index >= 15 is 0 Å². The summed E-state index contributed by atoms with van der Waals surface area (Å²) in [4.78, 5) is 8.61. The van der Waals surface area contributed by atoms with E-state index in [1.54, 1.807) is 24.7 Å². The number of aromatic amines is 1. The number of H-pyrrole nitrogens is 1. The summed E-state index contributed by atoms with van der Waals surface area (Å²) in [5.74, 6) is 0.451. The number of ether oxygens (including phenoxy) is 1. The van der Waals surface area contributed by atoms with Gasteiger partial charge in [0.25, 0.3) is 0 Å². The van der Waals surface area contributed by atoms with Gasteiger partial charge < -0.3 is 4.74 Å². The molecule has 0 aliphatic carbocycles. The highest BCUT2D eigenvalue weighted by molar-refractivity contribution is 6.35. The van der Waals surface area contributed by atoms with Crippen molar-refractivity contribution in [2.45, 2.75) is 32.9 Å². The Morgan fingerprint density at radius 3 is 2.71 bits per heavy atom. The lowest BCUT2D eigenvalue weighted by Gasteiger charge is -2.16. The van der Waals surface area contributed by atoms with E-state index in [1.807, 2.05) is 23.9 Å². The van der Waals surface area contributed by atoms with E-state index in [9.17, 15) is 0 Å². The van der Waals surface area contributed by atoms with Crippen LogP contribution in [0, 0.1) is 0 Å². The number of aryl methyl sites for hydroxylation is 1. The molecule has 9 heteroatoms. The Bertz CT molecular complexity index is 1100. The molecule has 0 spiro atoms. The number of hydrogen-bond donors (Lipinski definition) is 1. The number of pyridine rings is 2. The molecule has 0 fully saturated rings. The van der Waals surface area contributed by atoms with Crippen LogP contribution in [0.1, 0.15) is 31.9 Å². The lowest BCUT2D eigenvalue weighted by Crippen LogP contribution is -2.06. The molecule has 0 saturated carbocycles. The molecule has 4 heterocycles. The Morgan fingerprint density at radius 1 is 1.18 bits per heavy atom. The first kappa shape index (κ1) is 18.7. The highest BCUT2D eigenvalue weighted by atomic mass is 35.5. The van der Waals surface area contributed by atoms with Gasteiger partial charge in [0, 0.05) is 42.3 Å². The number of rotatable bonds is 6. The standard InChI is InChI=1S/C19H18Cl2N6O/c1-3-6-27-10-12(7-23-27)18-19-15(25-26-18)4-5-16(24-19)28-11(2)17-13(20)8-22-9-14(17)21/h4-5,7-11H,3,6H2,1-2H3,(H,25,26)/t11-/m1/s1. The van der Waals surface area contributed by atoms with Gasteiger partial charge >= 0.3 is 0 Å². The van der Waals surface area contributed by atoms with Gasteiger partial charge in [0.15, 0.2) is 0 Å². The molecule has 28 heavy (non-hydrogen) atoms. The first-order chi connectivity index (χ1) is 13.6. The second kappa shape index (κ2) is 7.77. The molecule has 0 amide bonds. The Morgan fingerprint density at radius 2 is 1.96 bits per heavy atom. The molecule has 0 radical (unpaired) electrons. The van der Waals surface area contributed by atoms with Crippen molar-refractivity contribution in [3.8, 4) is 17.1 Å². The summed E-state index contributed by atoms with van der Waals surface area (Å²) in [6.07, 6.45) is 7.46. The summed E-state index contributed by atoms with van der Waals surface area (Å²) in [7, 11) is 0. The predicted octanol–water partition coefficient (Wildman–Crippen LogP) is 5.07. The van der Waals surface area contributed by atoms with Crippen LogP contribution < -0.4 is 4.74 Å². The number of aromatic nitrogens is 6. The van der Waals surface area contributed by atoms with Crippen molar-refractivity contribution in [2.24, 2.45) is 0 Å². The van der Waals surface area contributed by atoms with Crippen LogP contribution in [0.5, 0.6) is 5.88 Å². The summed E-state index contributed by atoms with van der Waals surface area (Å²) in [6, 6.07) is 3.66. The lowest BCUT2D eigenvalue weighted by molar-refractivity contribution is 0.218. The summed E-state index contributed by atoms with van der Waals surface area (Å²) in [6.45, 7) is 4.83. The average Bonchev–Trinajstić information content (AvgIpc) is 3.28. The lowest BCUT2D eigenvalue weighted by atomic mass is 10.2. The zero-order valence-corrected chi connectivity index (χ0v) is 16.9. The molecule has 0 aromatic carbocycles. The van der Waals surface area contributed by atoms with Crippen molar-refractivity contribution in [3.05, 3.63) is 52.5 Å². The number of halogens is 2. The zero-order valence-electron chi connectivity index (χ0n) is 15.4. The normalized spacial score (nSPS) is 12.4. The van der Waals surface area contributed by atoms with Crippen LogP contribution in [0.4, 0.5) is 0 Å². The number of hydrogen-bond acceptors (Lipinski definition) is 5. The maximum Gasteiger partial charge on any atom is 0.214 e. The smallest absolute Gasteiger partial charge is 0.214 e. The predicted molar refractivity (Wildman–Crippen MR) is 109 cm³/mol. The summed E-state index contributed by atoms with van der Waals surface area (Å²) in [5.41, 5.74) is 3.84. The molecule has 0 saturated heterocycles.